The summed E-state index contributed by atoms with van der Waals surface area (Å²) >= 11 is 0. The largest absolute Gasteiger partial charge is 0.356 e. The van der Waals surface area contributed by atoms with Crippen molar-refractivity contribution in [2.75, 3.05) is 52.9 Å². The monoisotopic (exact) mass is 440 g/mol. The van der Waals surface area contributed by atoms with Gasteiger partial charge in [-0.3, -0.25) is 9.69 Å². The van der Waals surface area contributed by atoms with Crippen molar-refractivity contribution >= 4 is 43.1 Å². The summed E-state index contributed by atoms with van der Waals surface area (Å²) in [4.78, 5) is 16.7. The summed E-state index contributed by atoms with van der Waals surface area (Å²) in [6.07, 6.45) is 2.57. The summed E-state index contributed by atoms with van der Waals surface area (Å²) in [5.41, 5.74) is 1.40. The molecule has 0 spiro atoms. The van der Waals surface area contributed by atoms with Crippen molar-refractivity contribution in [3.05, 3.63) is 35.9 Å². The molecule has 2 rings (SSSR count). The minimum Gasteiger partial charge on any atom is -0.356 e. The molecule has 2 N–H and O–H groups in total. The third-order valence-corrected chi connectivity index (χ3v) is 4.52. The van der Waals surface area contributed by atoms with Gasteiger partial charge in [0.25, 0.3) is 0 Å². The molecule has 1 fully saturated rings. The lowest BCUT2D eigenvalue weighted by molar-refractivity contribution is -0.121. The minimum absolute atomic E-state index is 0. The van der Waals surface area contributed by atoms with Gasteiger partial charge in [-0.2, -0.15) is 0 Å². The zero-order valence-corrected chi connectivity index (χ0v) is 18.6. The molecule has 1 heterocycles. The van der Waals surface area contributed by atoms with Crippen molar-refractivity contribution < 1.29 is 4.79 Å². The SMILES string of the molecule is CNCCCC(=O)NCCCN1CCN(Cc2ccccc2)CC1.Cl.Cl.Cl. The van der Waals surface area contributed by atoms with Crippen LogP contribution in [0.5, 0.6) is 0 Å². The summed E-state index contributed by atoms with van der Waals surface area (Å²) < 4.78 is 0. The molecule has 1 aliphatic heterocycles. The van der Waals surface area contributed by atoms with Gasteiger partial charge in [0.05, 0.1) is 0 Å². The first-order valence-electron chi connectivity index (χ1n) is 9.18. The maximum Gasteiger partial charge on any atom is 0.220 e. The molecule has 0 unspecified atom stereocenters. The Morgan fingerprint density at radius 3 is 2.19 bits per heavy atom. The third-order valence-electron chi connectivity index (χ3n) is 4.52. The Balaban J connectivity index is 0. The number of nitrogens with one attached hydrogen (secondary N) is 2. The van der Waals surface area contributed by atoms with Crippen molar-refractivity contribution in [1.82, 2.24) is 20.4 Å². The van der Waals surface area contributed by atoms with Crippen molar-refractivity contribution in [1.29, 1.82) is 0 Å². The number of halogens is 3. The molecule has 1 saturated heterocycles. The van der Waals surface area contributed by atoms with Crippen LogP contribution in [0.25, 0.3) is 0 Å². The van der Waals surface area contributed by atoms with E-state index in [1.165, 1.54) is 5.56 Å². The van der Waals surface area contributed by atoms with Gasteiger partial charge >= 0.3 is 0 Å². The maximum atomic E-state index is 11.6. The lowest BCUT2D eigenvalue weighted by Gasteiger charge is -2.34. The Hall–Kier alpha value is -0.560. The fourth-order valence-electron chi connectivity index (χ4n) is 3.06. The van der Waals surface area contributed by atoms with Gasteiger partial charge in [-0.15, -0.1) is 37.2 Å². The van der Waals surface area contributed by atoms with Crippen LogP contribution < -0.4 is 10.6 Å². The van der Waals surface area contributed by atoms with E-state index >= 15 is 0 Å². The van der Waals surface area contributed by atoms with Crippen molar-refractivity contribution in [3.8, 4) is 0 Å². The standard InChI is InChI=1S/C19H32N4O.3ClH/c1-20-10-5-9-19(24)21-11-6-12-22-13-15-23(16-14-22)17-18-7-3-2-4-8-18;;;/h2-4,7-8,20H,5-6,9-17H2,1H3,(H,21,24);3*1H. The Kier molecular flexibility index (Phi) is 18.6. The molecule has 27 heavy (non-hydrogen) atoms. The van der Waals surface area contributed by atoms with E-state index < -0.39 is 0 Å². The molecule has 5 nitrogen and oxygen atoms in total. The lowest BCUT2D eigenvalue weighted by Crippen LogP contribution is -2.46. The average molecular weight is 442 g/mol. The van der Waals surface area contributed by atoms with Gasteiger partial charge in [0.15, 0.2) is 0 Å². The molecule has 0 saturated carbocycles. The van der Waals surface area contributed by atoms with E-state index in [1.54, 1.807) is 0 Å². The summed E-state index contributed by atoms with van der Waals surface area (Å²) in [6.45, 7) is 8.35. The number of carbonyl (C=O) groups excluding carboxylic acids is 1. The molecule has 0 bridgehead atoms. The first kappa shape index (κ1) is 28.6. The smallest absolute Gasteiger partial charge is 0.220 e. The highest BCUT2D eigenvalue weighted by atomic mass is 35.5. The Labute approximate surface area is 182 Å². The number of piperazine rings is 1. The van der Waals surface area contributed by atoms with Crippen LogP contribution in [0.2, 0.25) is 0 Å². The lowest BCUT2D eigenvalue weighted by atomic mass is 10.2. The highest BCUT2D eigenvalue weighted by Gasteiger charge is 2.16. The van der Waals surface area contributed by atoms with Crippen LogP contribution in [0.3, 0.4) is 0 Å². The van der Waals surface area contributed by atoms with Gasteiger partial charge in [0.1, 0.15) is 0 Å². The molecule has 8 heteroatoms. The van der Waals surface area contributed by atoms with Gasteiger partial charge < -0.3 is 15.5 Å². The first-order valence-corrected chi connectivity index (χ1v) is 9.18. The number of hydrogen-bond donors (Lipinski definition) is 2. The fourth-order valence-corrected chi connectivity index (χ4v) is 3.06. The summed E-state index contributed by atoms with van der Waals surface area (Å²) in [7, 11) is 1.91. The zero-order chi connectivity index (χ0) is 17.0. The maximum absolute atomic E-state index is 11.6. The second kappa shape index (κ2) is 17.5. The molecule has 158 valence electrons. The van der Waals surface area contributed by atoms with E-state index in [1.807, 2.05) is 7.05 Å². The fraction of sp³-hybridized carbons (Fsp3) is 0.632. The van der Waals surface area contributed by atoms with Crippen LogP contribution in [0.15, 0.2) is 30.3 Å². The van der Waals surface area contributed by atoms with Crippen molar-refractivity contribution in [3.63, 3.8) is 0 Å². The molecular weight excluding hydrogens is 407 g/mol. The molecule has 0 aromatic heterocycles. The number of amides is 1. The highest BCUT2D eigenvalue weighted by Crippen LogP contribution is 2.08. The van der Waals surface area contributed by atoms with Crippen LogP contribution in [0.4, 0.5) is 0 Å². The molecule has 0 aliphatic carbocycles. The zero-order valence-electron chi connectivity index (χ0n) is 16.2. The number of hydrogen-bond acceptors (Lipinski definition) is 4. The van der Waals surface area contributed by atoms with Crippen LogP contribution in [0, 0.1) is 0 Å². The van der Waals surface area contributed by atoms with Gasteiger partial charge in [-0.1, -0.05) is 30.3 Å². The van der Waals surface area contributed by atoms with E-state index in [-0.39, 0.29) is 43.1 Å². The van der Waals surface area contributed by atoms with Crippen LogP contribution >= 0.6 is 37.2 Å². The van der Waals surface area contributed by atoms with Gasteiger partial charge in [-0.05, 0) is 38.5 Å². The van der Waals surface area contributed by atoms with E-state index in [9.17, 15) is 4.79 Å². The third kappa shape index (κ3) is 12.5. The number of benzene rings is 1. The highest BCUT2D eigenvalue weighted by molar-refractivity contribution is 5.86. The Bertz CT molecular complexity index is 471. The second-order valence-electron chi connectivity index (χ2n) is 6.51. The van der Waals surface area contributed by atoms with Gasteiger partial charge in [0, 0.05) is 45.7 Å². The normalized spacial score (nSPS) is 14.4. The molecular formula is C19H35Cl3N4O. The van der Waals surface area contributed by atoms with Crippen LogP contribution in [-0.2, 0) is 11.3 Å². The predicted octanol–water partition coefficient (Wildman–Crippen LogP) is 2.58. The molecule has 1 aromatic rings. The summed E-state index contributed by atoms with van der Waals surface area (Å²) in [5, 5.41) is 6.08. The van der Waals surface area contributed by atoms with E-state index in [2.05, 4.69) is 50.8 Å². The molecule has 1 aliphatic rings. The van der Waals surface area contributed by atoms with Crippen molar-refractivity contribution in [2.24, 2.45) is 0 Å². The predicted molar refractivity (Wildman–Crippen MR) is 121 cm³/mol. The minimum atomic E-state index is 0. The van der Waals surface area contributed by atoms with Crippen LogP contribution in [-0.4, -0.2) is 68.6 Å². The molecule has 0 radical (unpaired) electrons. The number of rotatable bonds is 10. The topological polar surface area (TPSA) is 47.6 Å². The van der Waals surface area contributed by atoms with Gasteiger partial charge in [-0.25, -0.2) is 0 Å². The summed E-state index contributed by atoms with van der Waals surface area (Å²) in [6, 6.07) is 10.7. The molecule has 1 amide bonds. The second-order valence-corrected chi connectivity index (χ2v) is 6.51. The number of nitrogens with zero attached hydrogens (tertiary/aromatic N) is 2. The molecule has 0 atom stereocenters. The Morgan fingerprint density at radius 2 is 1.56 bits per heavy atom. The number of carbonyl (C=O) groups is 1. The van der Waals surface area contributed by atoms with Crippen LogP contribution in [0.1, 0.15) is 24.8 Å². The van der Waals surface area contributed by atoms with Crippen molar-refractivity contribution in [2.45, 2.75) is 25.8 Å². The Morgan fingerprint density at radius 1 is 0.926 bits per heavy atom. The average Bonchev–Trinajstić information content (AvgIpc) is 2.61. The quantitative estimate of drug-likeness (QED) is 0.548. The van der Waals surface area contributed by atoms with Gasteiger partial charge in [0.2, 0.25) is 5.91 Å². The van der Waals surface area contributed by atoms with E-state index in [0.717, 1.165) is 65.2 Å². The van der Waals surface area contributed by atoms with E-state index in [0.29, 0.717) is 6.42 Å². The first-order chi connectivity index (χ1) is 11.8. The van der Waals surface area contributed by atoms with E-state index in [4.69, 9.17) is 0 Å². The summed E-state index contributed by atoms with van der Waals surface area (Å²) in [5.74, 6) is 0.179. The molecule has 1 aromatic carbocycles.